The Bertz CT molecular complexity index is 1100. The van der Waals surface area contributed by atoms with Crippen molar-refractivity contribution >= 4 is 22.7 Å². The summed E-state index contributed by atoms with van der Waals surface area (Å²) in [4.78, 5) is 40.0. The molecule has 3 aromatic rings. The number of para-hydroxylation sites is 1. The van der Waals surface area contributed by atoms with E-state index in [0.717, 1.165) is 5.56 Å². The molecule has 1 aliphatic heterocycles. The molecule has 0 spiro atoms. The Kier molecular flexibility index (Phi) is 4.69. The molecule has 2 aromatic carbocycles. The number of aromatic nitrogens is 1. The standard InChI is InChI=1S/C22H21N3O3/c1-24-18-10-6-5-9-16(18)17(14-20(24)26)22(28)25-12-11-23-21(27)19(25)13-15-7-3-2-4-8-15/h2-10,14,19H,11-13H2,1H3,(H,23,27). The van der Waals surface area contributed by atoms with Gasteiger partial charge < -0.3 is 14.8 Å². The number of amides is 2. The molecular weight excluding hydrogens is 354 g/mol. The smallest absolute Gasteiger partial charge is 0.255 e. The zero-order valence-electron chi connectivity index (χ0n) is 15.6. The van der Waals surface area contributed by atoms with Crippen LogP contribution in [-0.2, 0) is 18.3 Å². The molecule has 1 aromatic heterocycles. The molecule has 28 heavy (non-hydrogen) atoms. The molecule has 0 radical (unpaired) electrons. The van der Waals surface area contributed by atoms with Gasteiger partial charge in [-0.1, -0.05) is 48.5 Å². The van der Waals surface area contributed by atoms with Gasteiger partial charge >= 0.3 is 0 Å². The van der Waals surface area contributed by atoms with Crippen molar-refractivity contribution in [2.75, 3.05) is 13.1 Å². The number of hydrogen-bond acceptors (Lipinski definition) is 3. The fraction of sp³-hybridized carbons (Fsp3) is 0.227. The van der Waals surface area contributed by atoms with Crippen LogP contribution in [0.25, 0.3) is 10.9 Å². The van der Waals surface area contributed by atoms with Crippen LogP contribution in [0.2, 0.25) is 0 Å². The summed E-state index contributed by atoms with van der Waals surface area (Å²) in [6.07, 6.45) is 0.432. The third kappa shape index (κ3) is 3.17. The molecule has 1 N–H and O–H groups in total. The highest BCUT2D eigenvalue weighted by Crippen LogP contribution is 2.21. The maximum absolute atomic E-state index is 13.4. The number of aryl methyl sites for hydroxylation is 1. The number of nitrogens with one attached hydrogen (secondary N) is 1. The molecule has 6 heteroatoms. The number of fused-ring (bicyclic) bond motifs is 1. The number of carbonyl (C=O) groups is 2. The molecule has 1 atom stereocenters. The van der Waals surface area contributed by atoms with E-state index in [0.29, 0.717) is 36.0 Å². The van der Waals surface area contributed by atoms with Crippen molar-refractivity contribution in [1.82, 2.24) is 14.8 Å². The van der Waals surface area contributed by atoms with Crippen LogP contribution in [0.4, 0.5) is 0 Å². The molecule has 2 amide bonds. The maximum atomic E-state index is 13.4. The van der Waals surface area contributed by atoms with Crippen LogP contribution < -0.4 is 10.9 Å². The lowest BCUT2D eigenvalue weighted by Gasteiger charge is -2.35. The van der Waals surface area contributed by atoms with Gasteiger partial charge in [-0.15, -0.1) is 0 Å². The van der Waals surface area contributed by atoms with Gasteiger partial charge in [0.05, 0.1) is 11.1 Å². The van der Waals surface area contributed by atoms with Crippen molar-refractivity contribution in [1.29, 1.82) is 0 Å². The zero-order chi connectivity index (χ0) is 19.7. The minimum Gasteiger partial charge on any atom is -0.353 e. The lowest BCUT2D eigenvalue weighted by atomic mass is 10.00. The summed E-state index contributed by atoms with van der Waals surface area (Å²) in [7, 11) is 1.69. The normalized spacial score (nSPS) is 16.8. The molecule has 1 aliphatic rings. The second-order valence-electron chi connectivity index (χ2n) is 6.97. The highest BCUT2D eigenvalue weighted by Gasteiger charge is 2.34. The first kappa shape index (κ1) is 18.0. The van der Waals surface area contributed by atoms with Gasteiger partial charge in [0.25, 0.3) is 11.5 Å². The largest absolute Gasteiger partial charge is 0.353 e. The number of benzene rings is 2. The van der Waals surface area contributed by atoms with E-state index in [1.54, 1.807) is 11.9 Å². The fourth-order valence-corrected chi connectivity index (χ4v) is 3.74. The molecule has 0 bridgehead atoms. The average Bonchev–Trinajstić information content (AvgIpc) is 2.72. The fourth-order valence-electron chi connectivity index (χ4n) is 3.74. The van der Waals surface area contributed by atoms with Gasteiger partial charge in [-0.2, -0.15) is 0 Å². The Morgan fingerprint density at radius 2 is 1.79 bits per heavy atom. The SMILES string of the molecule is Cn1c(=O)cc(C(=O)N2CCNC(=O)C2Cc2ccccc2)c2ccccc21. The highest BCUT2D eigenvalue weighted by atomic mass is 16.2. The highest BCUT2D eigenvalue weighted by molar-refractivity contribution is 6.07. The summed E-state index contributed by atoms with van der Waals surface area (Å²) < 4.78 is 1.52. The molecule has 6 nitrogen and oxygen atoms in total. The van der Waals surface area contributed by atoms with E-state index in [1.165, 1.54) is 10.6 Å². The summed E-state index contributed by atoms with van der Waals surface area (Å²) in [5.41, 5.74) is 1.77. The number of hydrogen-bond donors (Lipinski definition) is 1. The second-order valence-corrected chi connectivity index (χ2v) is 6.97. The van der Waals surface area contributed by atoms with Crippen LogP contribution in [0.15, 0.2) is 65.5 Å². The number of carbonyl (C=O) groups excluding carboxylic acids is 2. The predicted octanol–water partition coefficient (Wildman–Crippen LogP) is 1.72. The quantitative estimate of drug-likeness (QED) is 0.758. The van der Waals surface area contributed by atoms with Crippen molar-refractivity contribution in [3.63, 3.8) is 0 Å². The average molecular weight is 375 g/mol. The van der Waals surface area contributed by atoms with Crippen molar-refractivity contribution < 1.29 is 9.59 Å². The lowest BCUT2D eigenvalue weighted by molar-refractivity contribution is -0.127. The van der Waals surface area contributed by atoms with Gasteiger partial charge in [0.1, 0.15) is 6.04 Å². The van der Waals surface area contributed by atoms with Crippen LogP contribution >= 0.6 is 0 Å². The first-order chi connectivity index (χ1) is 13.6. The van der Waals surface area contributed by atoms with Crippen molar-refractivity contribution in [3.05, 3.63) is 82.1 Å². The van der Waals surface area contributed by atoms with E-state index in [-0.39, 0.29) is 17.4 Å². The third-order valence-electron chi connectivity index (χ3n) is 5.25. The van der Waals surface area contributed by atoms with Crippen LogP contribution in [0.1, 0.15) is 15.9 Å². The Morgan fingerprint density at radius 1 is 1.07 bits per heavy atom. The topological polar surface area (TPSA) is 71.4 Å². The Labute approximate surface area is 162 Å². The molecule has 0 saturated carbocycles. The van der Waals surface area contributed by atoms with Crippen molar-refractivity contribution in [3.8, 4) is 0 Å². The van der Waals surface area contributed by atoms with E-state index in [4.69, 9.17) is 0 Å². The van der Waals surface area contributed by atoms with E-state index < -0.39 is 6.04 Å². The van der Waals surface area contributed by atoms with Gasteiger partial charge in [0.15, 0.2) is 0 Å². The van der Waals surface area contributed by atoms with E-state index >= 15 is 0 Å². The van der Waals surface area contributed by atoms with Crippen molar-refractivity contribution in [2.24, 2.45) is 7.05 Å². The summed E-state index contributed by atoms with van der Waals surface area (Å²) >= 11 is 0. The number of piperazine rings is 1. The summed E-state index contributed by atoms with van der Waals surface area (Å²) in [5, 5.41) is 3.56. The summed E-state index contributed by atoms with van der Waals surface area (Å²) in [6, 6.07) is 17.7. The minimum atomic E-state index is -0.605. The maximum Gasteiger partial charge on any atom is 0.255 e. The predicted molar refractivity (Wildman–Crippen MR) is 107 cm³/mol. The number of rotatable bonds is 3. The molecule has 142 valence electrons. The summed E-state index contributed by atoms with van der Waals surface area (Å²) in [5.74, 6) is -0.457. The van der Waals surface area contributed by atoms with Gasteiger partial charge in [0.2, 0.25) is 5.91 Å². The first-order valence-corrected chi connectivity index (χ1v) is 9.27. The van der Waals surface area contributed by atoms with Gasteiger partial charge in [-0.3, -0.25) is 14.4 Å². The first-order valence-electron chi connectivity index (χ1n) is 9.27. The number of nitrogens with zero attached hydrogens (tertiary/aromatic N) is 2. The second kappa shape index (κ2) is 7.31. The zero-order valence-corrected chi connectivity index (χ0v) is 15.6. The van der Waals surface area contributed by atoms with Crippen LogP contribution in [0.5, 0.6) is 0 Å². The van der Waals surface area contributed by atoms with Crippen LogP contribution in [-0.4, -0.2) is 40.4 Å². The van der Waals surface area contributed by atoms with Crippen LogP contribution in [0.3, 0.4) is 0 Å². The molecule has 0 aliphatic carbocycles. The molecule has 4 rings (SSSR count). The molecule has 2 heterocycles. The van der Waals surface area contributed by atoms with E-state index in [9.17, 15) is 14.4 Å². The molecule has 1 saturated heterocycles. The van der Waals surface area contributed by atoms with Crippen molar-refractivity contribution in [2.45, 2.75) is 12.5 Å². The minimum absolute atomic E-state index is 0.170. The Morgan fingerprint density at radius 3 is 2.57 bits per heavy atom. The monoisotopic (exact) mass is 375 g/mol. The van der Waals surface area contributed by atoms with Gasteiger partial charge in [-0.25, -0.2) is 0 Å². The van der Waals surface area contributed by atoms with Gasteiger partial charge in [0, 0.05) is 38.0 Å². The van der Waals surface area contributed by atoms with E-state index in [2.05, 4.69) is 5.32 Å². The molecule has 1 unspecified atom stereocenters. The number of pyridine rings is 1. The summed E-state index contributed by atoms with van der Waals surface area (Å²) in [6.45, 7) is 0.810. The van der Waals surface area contributed by atoms with Gasteiger partial charge in [-0.05, 0) is 11.6 Å². The third-order valence-corrected chi connectivity index (χ3v) is 5.25. The molecule has 1 fully saturated rings. The molecular formula is C22H21N3O3. The van der Waals surface area contributed by atoms with Crippen LogP contribution in [0, 0.1) is 0 Å². The van der Waals surface area contributed by atoms with E-state index in [1.807, 2.05) is 54.6 Å². The Balaban J connectivity index is 1.75. The Hall–Kier alpha value is -3.41. The lowest BCUT2D eigenvalue weighted by Crippen LogP contribution is -2.58.